The Hall–Kier alpha value is -1.62. The maximum Gasteiger partial charge on any atom is 0.339 e. The van der Waals surface area contributed by atoms with Gasteiger partial charge in [0.05, 0.1) is 25.0 Å². The van der Waals surface area contributed by atoms with Gasteiger partial charge in [-0.3, -0.25) is 0 Å². The average Bonchev–Trinajstić information content (AvgIpc) is 3.16. The Labute approximate surface area is 106 Å². The minimum Gasteiger partial charge on any atom is -0.465 e. The number of nitrogens with zero attached hydrogens (tertiary/aromatic N) is 1. The van der Waals surface area contributed by atoms with E-state index >= 15 is 0 Å². The molecule has 0 spiro atoms. The third-order valence-corrected chi connectivity index (χ3v) is 3.43. The summed E-state index contributed by atoms with van der Waals surface area (Å²) >= 11 is 0. The molecule has 1 heterocycles. The molecule has 1 aromatic heterocycles. The van der Waals surface area contributed by atoms with Gasteiger partial charge in [0.1, 0.15) is 5.82 Å². The molecule has 1 aromatic rings. The second kappa shape index (κ2) is 4.94. The molecule has 2 N–H and O–H groups in total. The minimum absolute atomic E-state index is 0.0383. The van der Waals surface area contributed by atoms with Crippen molar-refractivity contribution < 1.29 is 14.6 Å². The predicted octanol–water partition coefficient (Wildman–Crippen LogP) is 1.36. The predicted molar refractivity (Wildman–Crippen MR) is 67.6 cm³/mol. The van der Waals surface area contributed by atoms with E-state index < -0.39 is 0 Å². The van der Waals surface area contributed by atoms with Crippen LogP contribution in [0, 0.1) is 12.3 Å². The summed E-state index contributed by atoms with van der Waals surface area (Å²) in [5, 5.41) is 12.4. The van der Waals surface area contributed by atoms with Crippen LogP contribution in [0.25, 0.3) is 0 Å². The summed E-state index contributed by atoms with van der Waals surface area (Å²) in [6.07, 6.45) is 2.10. The van der Waals surface area contributed by atoms with Crippen LogP contribution in [0.3, 0.4) is 0 Å². The van der Waals surface area contributed by atoms with Crippen LogP contribution in [-0.2, 0) is 4.74 Å². The Bertz CT molecular complexity index is 456. The van der Waals surface area contributed by atoms with Gasteiger partial charge in [-0.1, -0.05) is 0 Å². The first kappa shape index (κ1) is 12.8. The number of nitrogens with one attached hydrogen (secondary N) is 1. The Balaban J connectivity index is 2.02. The minimum atomic E-state index is -0.374. The second-order valence-electron chi connectivity index (χ2n) is 4.83. The quantitative estimate of drug-likeness (QED) is 0.772. The molecule has 0 saturated heterocycles. The highest BCUT2D eigenvalue weighted by atomic mass is 16.5. The highest BCUT2D eigenvalue weighted by Crippen LogP contribution is 2.44. The first-order valence-corrected chi connectivity index (χ1v) is 6.01. The molecule has 1 aliphatic rings. The van der Waals surface area contributed by atoms with Crippen LogP contribution >= 0.6 is 0 Å². The molecule has 18 heavy (non-hydrogen) atoms. The average molecular weight is 250 g/mol. The standard InChI is InChI=1S/C13H18N2O3/c1-9-10(12(17)18-2)3-4-11(15-9)14-7-13(8-16)5-6-13/h3-4,16H,5-8H2,1-2H3,(H,14,15). The molecule has 0 radical (unpaired) electrons. The lowest BCUT2D eigenvalue weighted by Crippen LogP contribution is -2.20. The lowest BCUT2D eigenvalue weighted by atomic mass is 10.1. The zero-order valence-corrected chi connectivity index (χ0v) is 10.7. The normalized spacial score (nSPS) is 16.2. The zero-order valence-electron chi connectivity index (χ0n) is 10.7. The van der Waals surface area contributed by atoms with Crippen molar-refractivity contribution in [2.24, 2.45) is 5.41 Å². The largest absolute Gasteiger partial charge is 0.465 e. The topological polar surface area (TPSA) is 71.5 Å². The Kier molecular flexibility index (Phi) is 3.52. The molecular weight excluding hydrogens is 232 g/mol. The van der Waals surface area contributed by atoms with E-state index in [-0.39, 0.29) is 18.0 Å². The Morgan fingerprint density at radius 2 is 2.28 bits per heavy atom. The van der Waals surface area contributed by atoms with Crippen LogP contribution < -0.4 is 5.32 Å². The lowest BCUT2D eigenvalue weighted by Gasteiger charge is -2.14. The fourth-order valence-electron chi connectivity index (χ4n) is 1.83. The van der Waals surface area contributed by atoms with Crippen molar-refractivity contribution >= 4 is 11.8 Å². The number of aliphatic hydroxyl groups is 1. The summed E-state index contributed by atoms with van der Waals surface area (Å²) in [5.41, 5.74) is 1.16. The van der Waals surface area contributed by atoms with E-state index in [4.69, 9.17) is 0 Å². The number of aromatic nitrogens is 1. The number of pyridine rings is 1. The number of hydrogen-bond acceptors (Lipinski definition) is 5. The summed E-state index contributed by atoms with van der Waals surface area (Å²) in [6, 6.07) is 3.46. The number of rotatable bonds is 5. The van der Waals surface area contributed by atoms with Gasteiger partial charge in [0.15, 0.2) is 0 Å². The van der Waals surface area contributed by atoms with E-state index in [2.05, 4.69) is 15.0 Å². The molecular formula is C13H18N2O3. The van der Waals surface area contributed by atoms with Gasteiger partial charge in [-0.25, -0.2) is 9.78 Å². The van der Waals surface area contributed by atoms with E-state index in [0.717, 1.165) is 18.7 Å². The fourth-order valence-corrected chi connectivity index (χ4v) is 1.83. The van der Waals surface area contributed by atoms with E-state index in [1.165, 1.54) is 7.11 Å². The number of aliphatic hydroxyl groups excluding tert-OH is 1. The number of carbonyl (C=O) groups excluding carboxylic acids is 1. The first-order valence-electron chi connectivity index (χ1n) is 6.01. The number of methoxy groups -OCH3 is 1. The van der Waals surface area contributed by atoms with Crippen molar-refractivity contribution in [1.29, 1.82) is 0 Å². The smallest absolute Gasteiger partial charge is 0.339 e. The SMILES string of the molecule is COC(=O)c1ccc(NCC2(CO)CC2)nc1C. The number of hydrogen-bond donors (Lipinski definition) is 2. The molecule has 5 heteroatoms. The Morgan fingerprint density at radius 1 is 1.56 bits per heavy atom. The number of ether oxygens (including phenoxy) is 1. The van der Waals surface area contributed by atoms with Crippen LogP contribution in [0.1, 0.15) is 28.9 Å². The van der Waals surface area contributed by atoms with Crippen molar-refractivity contribution in [3.63, 3.8) is 0 Å². The third-order valence-electron chi connectivity index (χ3n) is 3.43. The number of carbonyl (C=O) groups is 1. The van der Waals surface area contributed by atoms with E-state index in [0.29, 0.717) is 17.8 Å². The summed E-state index contributed by atoms with van der Waals surface area (Å²) < 4.78 is 4.67. The second-order valence-corrected chi connectivity index (χ2v) is 4.83. The zero-order chi connectivity index (χ0) is 13.2. The highest BCUT2D eigenvalue weighted by molar-refractivity contribution is 5.90. The number of anilines is 1. The summed E-state index contributed by atoms with van der Waals surface area (Å²) in [6.45, 7) is 2.70. The van der Waals surface area contributed by atoms with Gasteiger partial charge in [0.2, 0.25) is 0 Å². The van der Waals surface area contributed by atoms with Gasteiger partial charge in [-0.15, -0.1) is 0 Å². The van der Waals surface area contributed by atoms with E-state index in [1.54, 1.807) is 19.1 Å². The molecule has 1 aliphatic carbocycles. The first-order chi connectivity index (χ1) is 8.60. The van der Waals surface area contributed by atoms with Crippen molar-refractivity contribution in [2.45, 2.75) is 19.8 Å². The maximum atomic E-state index is 11.4. The molecule has 0 amide bonds. The molecule has 1 saturated carbocycles. The number of aryl methyl sites for hydroxylation is 1. The summed E-state index contributed by atoms with van der Waals surface area (Å²) in [5.74, 6) is 0.348. The molecule has 2 rings (SSSR count). The molecule has 5 nitrogen and oxygen atoms in total. The van der Waals surface area contributed by atoms with Gasteiger partial charge < -0.3 is 15.2 Å². The molecule has 1 fully saturated rings. The van der Waals surface area contributed by atoms with Crippen LogP contribution in [-0.4, -0.2) is 36.3 Å². The third kappa shape index (κ3) is 2.61. The van der Waals surface area contributed by atoms with Crippen molar-refractivity contribution in [3.8, 4) is 0 Å². The van der Waals surface area contributed by atoms with Gasteiger partial charge in [0, 0.05) is 12.0 Å². The molecule has 0 aromatic carbocycles. The van der Waals surface area contributed by atoms with E-state index in [1.807, 2.05) is 0 Å². The lowest BCUT2D eigenvalue weighted by molar-refractivity contribution is 0.0599. The van der Waals surface area contributed by atoms with Crippen LogP contribution in [0.5, 0.6) is 0 Å². The summed E-state index contributed by atoms with van der Waals surface area (Å²) in [4.78, 5) is 15.7. The maximum absolute atomic E-state index is 11.4. The fraction of sp³-hybridized carbons (Fsp3) is 0.538. The summed E-state index contributed by atoms with van der Waals surface area (Å²) in [7, 11) is 1.35. The van der Waals surface area contributed by atoms with Crippen LogP contribution in [0.2, 0.25) is 0 Å². The van der Waals surface area contributed by atoms with Crippen molar-refractivity contribution in [3.05, 3.63) is 23.4 Å². The molecule has 0 aliphatic heterocycles. The number of esters is 1. The monoisotopic (exact) mass is 250 g/mol. The van der Waals surface area contributed by atoms with Crippen LogP contribution in [0.4, 0.5) is 5.82 Å². The molecule has 98 valence electrons. The Morgan fingerprint density at radius 3 is 2.78 bits per heavy atom. The van der Waals surface area contributed by atoms with Crippen molar-refractivity contribution in [2.75, 3.05) is 25.6 Å². The van der Waals surface area contributed by atoms with E-state index in [9.17, 15) is 9.90 Å². The van der Waals surface area contributed by atoms with Gasteiger partial charge in [-0.05, 0) is 31.9 Å². The van der Waals surface area contributed by atoms with Crippen molar-refractivity contribution in [1.82, 2.24) is 4.98 Å². The molecule has 0 unspecified atom stereocenters. The highest BCUT2D eigenvalue weighted by Gasteiger charge is 2.41. The van der Waals surface area contributed by atoms with Crippen LogP contribution in [0.15, 0.2) is 12.1 Å². The molecule has 0 bridgehead atoms. The molecule has 0 atom stereocenters. The van der Waals surface area contributed by atoms with Gasteiger partial charge in [0.25, 0.3) is 0 Å². The van der Waals surface area contributed by atoms with Gasteiger partial charge >= 0.3 is 5.97 Å². The van der Waals surface area contributed by atoms with Gasteiger partial charge in [-0.2, -0.15) is 0 Å².